The van der Waals surface area contributed by atoms with Crippen LogP contribution in [0.3, 0.4) is 0 Å². The summed E-state index contributed by atoms with van der Waals surface area (Å²) in [7, 11) is 0. The number of carbonyl (C=O) groups excluding carboxylic acids is 1. The van der Waals surface area contributed by atoms with Gasteiger partial charge < -0.3 is 14.4 Å². The fraction of sp³-hybridized carbons (Fsp3) is 0.409. The normalized spacial score (nSPS) is 17.9. The summed E-state index contributed by atoms with van der Waals surface area (Å²) in [4.78, 5) is 23.2. The Hall–Kier alpha value is -2.85. The van der Waals surface area contributed by atoms with Crippen molar-refractivity contribution < 1.29 is 23.0 Å². The second-order valence-electron chi connectivity index (χ2n) is 8.13. The van der Waals surface area contributed by atoms with Gasteiger partial charge in [0.25, 0.3) is 0 Å². The van der Waals surface area contributed by atoms with Crippen LogP contribution in [-0.2, 0) is 4.74 Å². The summed E-state index contributed by atoms with van der Waals surface area (Å²) in [6.45, 7) is -0.199. The number of ether oxygens (including phenoxy) is 2. The number of nitrogens with one attached hydrogen (secondary N) is 1. The molecule has 7 nitrogen and oxygen atoms in total. The van der Waals surface area contributed by atoms with E-state index < -0.39 is 6.61 Å². The second-order valence-corrected chi connectivity index (χ2v) is 9.13. The predicted octanol–water partition coefficient (Wildman–Crippen LogP) is 4.99. The highest BCUT2D eigenvalue weighted by Gasteiger charge is 2.41. The van der Waals surface area contributed by atoms with E-state index in [9.17, 15) is 13.6 Å². The number of amides is 2. The summed E-state index contributed by atoms with van der Waals surface area (Å²) in [6.07, 6.45) is 4.36. The van der Waals surface area contributed by atoms with Crippen LogP contribution in [0, 0.1) is 5.41 Å². The summed E-state index contributed by atoms with van der Waals surface area (Å²) in [5.41, 5.74) is 1.94. The predicted molar refractivity (Wildman–Crippen MR) is 117 cm³/mol. The monoisotopic (exact) mass is 460 g/mol. The number of aromatic nitrogens is 2. The summed E-state index contributed by atoms with van der Waals surface area (Å²) >= 11 is 1.22. The van der Waals surface area contributed by atoms with E-state index in [4.69, 9.17) is 4.74 Å². The molecule has 2 aliphatic rings. The number of thiazole rings is 1. The first-order valence-electron chi connectivity index (χ1n) is 10.5. The first-order chi connectivity index (χ1) is 15.5. The van der Waals surface area contributed by atoms with Gasteiger partial charge in [0.15, 0.2) is 5.13 Å². The number of hydrogen-bond donors (Lipinski definition) is 1. The SMILES string of the molecule is O=C(Nc1nc2c(OC(F)F)ncc(-c3ccccc3)c2s1)N1CCC2(CCOCC2)C1. The van der Waals surface area contributed by atoms with Gasteiger partial charge in [0.05, 0.1) is 4.70 Å². The molecule has 168 valence electrons. The molecule has 4 heterocycles. The van der Waals surface area contributed by atoms with Crippen molar-refractivity contribution in [1.29, 1.82) is 0 Å². The number of likely N-dealkylation sites (tertiary alicyclic amines) is 1. The van der Waals surface area contributed by atoms with E-state index in [1.165, 1.54) is 17.5 Å². The minimum atomic E-state index is -3.02. The van der Waals surface area contributed by atoms with E-state index in [2.05, 4.69) is 20.0 Å². The molecule has 32 heavy (non-hydrogen) atoms. The molecule has 2 amide bonds. The van der Waals surface area contributed by atoms with Crippen LogP contribution in [0.4, 0.5) is 18.7 Å². The van der Waals surface area contributed by atoms with Gasteiger partial charge in [0.1, 0.15) is 5.52 Å². The maximum absolute atomic E-state index is 12.9. The van der Waals surface area contributed by atoms with Crippen LogP contribution in [0.5, 0.6) is 5.88 Å². The van der Waals surface area contributed by atoms with E-state index in [1.807, 2.05) is 30.3 Å². The molecule has 0 bridgehead atoms. The van der Waals surface area contributed by atoms with E-state index in [-0.39, 0.29) is 22.8 Å². The highest BCUT2D eigenvalue weighted by atomic mass is 32.1. The van der Waals surface area contributed by atoms with E-state index in [0.29, 0.717) is 22.9 Å². The fourth-order valence-electron chi connectivity index (χ4n) is 4.43. The van der Waals surface area contributed by atoms with Crippen molar-refractivity contribution in [1.82, 2.24) is 14.9 Å². The summed E-state index contributed by atoms with van der Waals surface area (Å²) in [5, 5.41) is 3.17. The van der Waals surface area contributed by atoms with Crippen molar-refractivity contribution in [3.05, 3.63) is 36.5 Å². The minimum Gasteiger partial charge on any atom is -0.415 e. The molecule has 0 radical (unpaired) electrons. The molecule has 2 aromatic heterocycles. The molecule has 0 atom stereocenters. The first-order valence-corrected chi connectivity index (χ1v) is 11.3. The van der Waals surface area contributed by atoms with Crippen molar-refractivity contribution in [2.45, 2.75) is 25.9 Å². The maximum Gasteiger partial charge on any atom is 0.388 e. The van der Waals surface area contributed by atoms with E-state index >= 15 is 0 Å². The van der Waals surface area contributed by atoms with Gasteiger partial charge in [-0.1, -0.05) is 41.7 Å². The standard InChI is InChI=1S/C22H22F2N4O3S/c23-19(24)31-18-16-17(15(12-25-18)14-4-2-1-3-5-14)32-20(26-16)27-21(29)28-9-6-22(13-28)7-10-30-11-8-22/h1-5,12,19H,6-11,13H2,(H,26,27,29). The number of hydrogen-bond acceptors (Lipinski definition) is 6. The number of benzene rings is 1. The Morgan fingerprint density at radius 1 is 1.22 bits per heavy atom. The van der Waals surface area contributed by atoms with Crippen LogP contribution in [0.15, 0.2) is 36.5 Å². The van der Waals surface area contributed by atoms with E-state index in [1.54, 1.807) is 4.90 Å². The number of pyridine rings is 1. The van der Waals surface area contributed by atoms with Crippen molar-refractivity contribution in [2.24, 2.45) is 5.41 Å². The van der Waals surface area contributed by atoms with Crippen LogP contribution in [-0.4, -0.2) is 53.8 Å². The Morgan fingerprint density at radius 3 is 2.75 bits per heavy atom. The van der Waals surface area contributed by atoms with Gasteiger partial charge in [-0.3, -0.25) is 5.32 Å². The number of anilines is 1. The zero-order valence-electron chi connectivity index (χ0n) is 17.2. The average Bonchev–Trinajstić information content (AvgIpc) is 3.40. The smallest absolute Gasteiger partial charge is 0.388 e. The lowest BCUT2D eigenvalue weighted by molar-refractivity contribution is -0.0518. The lowest BCUT2D eigenvalue weighted by Gasteiger charge is -2.33. The molecule has 0 saturated carbocycles. The highest BCUT2D eigenvalue weighted by Crippen LogP contribution is 2.41. The molecule has 1 spiro atoms. The topological polar surface area (TPSA) is 76.6 Å². The van der Waals surface area contributed by atoms with Crippen molar-refractivity contribution in [3.8, 4) is 17.0 Å². The third kappa shape index (κ3) is 4.12. The molecule has 10 heteroatoms. The Kier molecular flexibility index (Phi) is 5.64. The second kappa shape index (κ2) is 8.59. The van der Waals surface area contributed by atoms with Gasteiger partial charge in [0.2, 0.25) is 5.88 Å². The Labute approximate surface area is 187 Å². The molecule has 0 aliphatic carbocycles. The first kappa shape index (κ1) is 21.0. The van der Waals surface area contributed by atoms with Crippen LogP contribution >= 0.6 is 11.3 Å². The Bertz CT molecular complexity index is 1120. The molecule has 5 rings (SSSR count). The fourth-order valence-corrected chi connectivity index (χ4v) is 5.41. The number of rotatable bonds is 4. The Balaban J connectivity index is 1.42. The molecule has 1 N–H and O–H groups in total. The van der Waals surface area contributed by atoms with Gasteiger partial charge in [0, 0.05) is 38.1 Å². The minimum absolute atomic E-state index is 0.131. The van der Waals surface area contributed by atoms with Crippen molar-refractivity contribution >= 4 is 32.7 Å². The number of alkyl halides is 2. The Morgan fingerprint density at radius 2 is 2.00 bits per heavy atom. The molecule has 2 saturated heterocycles. The quantitative estimate of drug-likeness (QED) is 0.593. The lowest BCUT2D eigenvalue weighted by Crippen LogP contribution is -2.37. The zero-order valence-corrected chi connectivity index (χ0v) is 18.0. The third-order valence-corrected chi connectivity index (χ3v) is 7.17. The van der Waals surface area contributed by atoms with Crippen LogP contribution in [0.2, 0.25) is 0 Å². The van der Waals surface area contributed by atoms with Crippen molar-refractivity contribution in [2.75, 3.05) is 31.6 Å². The lowest BCUT2D eigenvalue weighted by atomic mass is 9.80. The number of nitrogens with zero attached hydrogens (tertiary/aromatic N) is 3. The molecular formula is C22H22F2N4O3S. The van der Waals surface area contributed by atoms with Gasteiger partial charge in [-0.15, -0.1) is 0 Å². The van der Waals surface area contributed by atoms with E-state index in [0.717, 1.165) is 43.6 Å². The zero-order chi connectivity index (χ0) is 22.1. The van der Waals surface area contributed by atoms with Gasteiger partial charge in [-0.2, -0.15) is 8.78 Å². The average molecular weight is 461 g/mol. The largest absolute Gasteiger partial charge is 0.415 e. The van der Waals surface area contributed by atoms with Crippen LogP contribution in [0.1, 0.15) is 19.3 Å². The van der Waals surface area contributed by atoms with Gasteiger partial charge in [-0.05, 0) is 30.2 Å². The summed E-state index contributed by atoms with van der Waals surface area (Å²) in [5.74, 6) is -0.256. The molecule has 2 aliphatic heterocycles. The van der Waals surface area contributed by atoms with Crippen LogP contribution in [0.25, 0.3) is 21.3 Å². The molecule has 2 fully saturated rings. The number of urea groups is 1. The number of fused-ring (bicyclic) bond motifs is 1. The molecular weight excluding hydrogens is 438 g/mol. The summed E-state index contributed by atoms with van der Waals surface area (Å²) in [6, 6.07) is 9.22. The highest BCUT2D eigenvalue weighted by molar-refractivity contribution is 7.23. The maximum atomic E-state index is 12.9. The van der Waals surface area contributed by atoms with Crippen molar-refractivity contribution in [3.63, 3.8) is 0 Å². The third-order valence-electron chi connectivity index (χ3n) is 6.16. The molecule has 1 aromatic carbocycles. The van der Waals surface area contributed by atoms with Gasteiger partial charge in [-0.25, -0.2) is 14.8 Å². The number of carbonyl (C=O) groups is 1. The summed E-state index contributed by atoms with van der Waals surface area (Å²) < 4.78 is 36.5. The molecule has 0 unspecified atom stereocenters. The van der Waals surface area contributed by atoms with Crippen LogP contribution < -0.4 is 10.1 Å². The number of halogens is 2. The molecule has 3 aromatic rings. The van der Waals surface area contributed by atoms with Gasteiger partial charge >= 0.3 is 12.6 Å².